The Bertz CT molecular complexity index is 960. The Morgan fingerprint density at radius 1 is 1.25 bits per heavy atom. The number of carbonyl (C=O) groups is 1. The van der Waals surface area contributed by atoms with E-state index < -0.39 is 11.7 Å². The van der Waals surface area contributed by atoms with Crippen LogP contribution in [0.1, 0.15) is 28.6 Å². The molecular weight excluding hydrogens is 311 g/mol. The molecule has 1 heterocycles. The Balaban J connectivity index is 1.86. The first-order valence-electron chi connectivity index (χ1n) is 7.29. The molecule has 0 saturated heterocycles. The lowest BCUT2D eigenvalue weighted by atomic mass is 10.1. The van der Waals surface area contributed by atoms with Gasteiger partial charge in [-0.1, -0.05) is 18.2 Å². The smallest absolute Gasteiger partial charge is 0.307 e. The number of fused-ring (bicyclic) bond motifs is 1. The van der Waals surface area contributed by atoms with Gasteiger partial charge in [0.05, 0.1) is 5.71 Å². The number of aromatic hydroxyl groups is 1. The molecule has 0 aliphatic rings. The molecular formula is C18H15FN2O3. The second-order valence-electron chi connectivity index (χ2n) is 5.35. The van der Waals surface area contributed by atoms with Crippen LogP contribution in [0.15, 0.2) is 52.0 Å². The summed E-state index contributed by atoms with van der Waals surface area (Å²) in [5.41, 5.74) is 4.17. The number of phenols is 1. The standard InChI is InChI=1S/C18H15FN2O3/c1-10-13-5-3-4-6-16(13)24-17(10)18(23)21-20-11(2)14-9-12(19)7-8-15(14)22/h3-9,22H,1-2H3,(H,21,23)/b20-11+. The van der Waals surface area contributed by atoms with Crippen molar-refractivity contribution < 1.29 is 18.7 Å². The zero-order valence-corrected chi connectivity index (χ0v) is 13.1. The SMILES string of the molecule is C/C(=N\NC(=O)c1oc2ccccc2c1C)c1cc(F)ccc1O. The van der Waals surface area contributed by atoms with Gasteiger partial charge in [-0.3, -0.25) is 4.79 Å². The lowest BCUT2D eigenvalue weighted by Gasteiger charge is -2.05. The molecule has 122 valence electrons. The van der Waals surface area contributed by atoms with E-state index in [1.807, 2.05) is 18.2 Å². The quantitative estimate of drug-likeness (QED) is 0.569. The number of furan rings is 1. The minimum Gasteiger partial charge on any atom is -0.507 e. The summed E-state index contributed by atoms with van der Waals surface area (Å²) < 4.78 is 18.8. The Morgan fingerprint density at radius 2 is 2.00 bits per heavy atom. The zero-order valence-electron chi connectivity index (χ0n) is 13.1. The molecule has 24 heavy (non-hydrogen) atoms. The molecule has 0 atom stereocenters. The van der Waals surface area contributed by atoms with Crippen LogP contribution in [0.25, 0.3) is 11.0 Å². The van der Waals surface area contributed by atoms with E-state index in [2.05, 4.69) is 10.5 Å². The Hall–Kier alpha value is -3.15. The van der Waals surface area contributed by atoms with Crippen molar-refractivity contribution in [2.24, 2.45) is 5.10 Å². The van der Waals surface area contributed by atoms with Crippen molar-refractivity contribution in [2.45, 2.75) is 13.8 Å². The molecule has 3 rings (SSSR count). The molecule has 0 saturated carbocycles. The van der Waals surface area contributed by atoms with Crippen molar-refractivity contribution in [3.8, 4) is 5.75 Å². The number of hydrazone groups is 1. The van der Waals surface area contributed by atoms with Crippen LogP contribution in [0.2, 0.25) is 0 Å². The minimum atomic E-state index is -0.515. The number of halogens is 1. The topological polar surface area (TPSA) is 74.8 Å². The number of aryl methyl sites for hydroxylation is 1. The normalized spacial score (nSPS) is 11.7. The fourth-order valence-corrected chi connectivity index (χ4v) is 2.43. The first-order chi connectivity index (χ1) is 11.5. The zero-order chi connectivity index (χ0) is 17.3. The predicted octanol–water partition coefficient (Wildman–Crippen LogP) is 3.74. The lowest BCUT2D eigenvalue weighted by Crippen LogP contribution is -2.19. The van der Waals surface area contributed by atoms with Crippen molar-refractivity contribution in [1.82, 2.24) is 5.43 Å². The van der Waals surface area contributed by atoms with Gasteiger partial charge in [0.1, 0.15) is 17.1 Å². The third-order valence-corrected chi connectivity index (χ3v) is 3.72. The number of nitrogens with zero attached hydrogens (tertiary/aromatic N) is 1. The van der Waals surface area contributed by atoms with E-state index in [1.165, 1.54) is 6.07 Å². The maximum Gasteiger partial charge on any atom is 0.307 e. The van der Waals surface area contributed by atoms with Crippen molar-refractivity contribution in [3.05, 3.63) is 65.2 Å². The maximum atomic E-state index is 13.3. The van der Waals surface area contributed by atoms with Gasteiger partial charge in [-0.05, 0) is 38.1 Å². The van der Waals surface area contributed by atoms with Crippen molar-refractivity contribution in [1.29, 1.82) is 0 Å². The van der Waals surface area contributed by atoms with Crippen LogP contribution in [0.5, 0.6) is 5.75 Å². The highest BCUT2D eigenvalue weighted by molar-refractivity contribution is 6.03. The second kappa shape index (κ2) is 6.16. The van der Waals surface area contributed by atoms with Gasteiger partial charge in [0.2, 0.25) is 0 Å². The third kappa shape index (κ3) is 2.86. The number of amides is 1. The molecule has 2 aromatic carbocycles. The second-order valence-corrected chi connectivity index (χ2v) is 5.35. The van der Waals surface area contributed by atoms with E-state index in [0.29, 0.717) is 11.1 Å². The summed E-state index contributed by atoms with van der Waals surface area (Å²) >= 11 is 0. The number of benzene rings is 2. The number of hydrogen-bond acceptors (Lipinski definition) is 4. The van der Waals surface area contributed by atoms with Crippen LogP contribution in [0.3, 0.4) is 0 Å². The molecule has 0 radical (unpaired) electrons. The number of carbonyl (C=O) groups excluding carboxylic acids is 1. The van der Waals surface area contributed by atoms with Gasteiger partial charge >= 0.3 is 5.91 Å². The summed E-state index contributed by atoms with van der Waals surface area (Å²) in [5, 5.41) is 14.5. The van der Waals surface area contributed by atoms with Gasteiger partial charge in [-0.25, -0.2) is 9.82 Å². The van der Waals surface area contributed by atoms with Crippen molar-refractivity contribution >= 4 is 22.6 Å². The molecule has 0 aliphatic heterocycles. The Kier molecular flexibility index (Phi) is 4.04. The summed E-state index contributed by atoms with van der Waals surface area (Å²) in [5.74, 6) is -0.973. The number of para-hydroxylation sites is 1. The molecule has 1 aromatic heterocycles. The lowest BCUT2D eigenvalue weighted by molar-refractivity contribution is 0.0928. The largest absolute Gasteiger partial charge is 0.507 e. The summed E-state index contributed by atoms with van der Waals surface area (Å²) in [4.78, 5) is 12.3. The molecule has 0 fully saturated rings. The summed E-state index contributed by atoms with van der Waals surface area (Å²) in [6, 6.07) is 10.8. The van der Waals surface area contributed by atoms with Crippen LogP contribution in [0.4, 0.5) is 4.39 Å². The van der Waals surface area contributed by atoms with E-state index in [1.54, 1.807) is 19.9 Å². The number of rotatable bonds is 3. The van der Waals surface area contributed by atoms with E-state index in [4.69, 9.17) is 4.42 Å². The van der Waals surface area contributed by atoms with Crippen LogP contribution in [0, 0.1) is 12.7 Å². The summed E-state index contributed by atoms with van der Waals surface area (Å²) in [6.45, 7) is 3.34. The third-order valence-electron chi connectivity index (χ3n) is 3.72. The highest BCUT2D eigenvalue weighted by Crippen LogP contribution is 2.25. The van der Waals surface area contributed by atoms with Crippen molar-refractivity contribution in [3.63, 3.8) is 0 Å². The first kappa shape index (κ1) is 15.7. The van der Waals surface area contributed by atoms with Gasteiger partial charge in [0.15, 0.2) is 5.76 Å². The monoisotopic (exact) mass is 326 g/mol. The molecule has 0 spiro atoms. The fourth-order valence-electron chi connectivity index (χ4n) is 2.43. The number of hydrogen-bond donors (Lipinski definition) is 2. The van der Waals surface area contributed by atoms with E-state index in [0.717, 1.165) is 17.5 Å². The molecule has 6 heteroatoms. The molecule has 2 N–H and O–H groups in total. The van der Waals surface area contributed by atoms with Crippen LogP contribution in [-0.2, 0) is 0 Å². The fraction of sp³-hybridized carbons (Fsp3) is 0.111. The van der Waals surface area contributed by atoms with Gasteiger partial charge in [-0.2, -0.15) is 5.10 Å². The highest BCUT2D eigenvalue weighted by Gasteiger charge is 2.17. The predicted molar refractivity (Wildman–Crippen MR) is 88.7 cm³/mol. The van der Waals surface area contributed by atoms with E-state index >= 15 is 0 Å². The molecule has 0 unspecified atom stereocenters. The molecule has 0 aliphatic carbocycles. The van der Waals surface area contributed by atoms with Gasteiger partial charge in [0.25, 0.3) is 0 Å². The molecule has 5 nitrogen and oxygen atoms in total. The van der Waals surface area contributed by atoms with E-state index in [-0.39, 0.29) is 22.8 Å². The van der Waals surface area contributed by atoms with Gasteiger partial charge in [0, 0.05) is 16.5 Å². The van der Waals surface area contributed by atoms with Gasteiger partial charge < -0.3 is 9.52 Å². The molecule has 1 amide bonds. The average molecular weight is 326 g/mol. The summed E-state index contributed by atoms with van der Waals surface area (Å²) in [6.07, 6.45) is 0. The summed E-state index contributed by atoms with van der Waals surface area (Å²) in [7, 11) is 0. The Labute approximate surface area is 137 Å². The minimum absolute atomic E-state index is 0.119. The van der Waals surface area contributed by atoms with Crippen LogP contribution < -0.4 is 5.43 Å². The van der Waals surface area contributed by atoms with Crippen molar-refractivity contribution in [2.75, 3.05) is 0 Å². The van der Waals surface area contributed by atoms with E-state index in [9.17, 15) is 14.3 Å². The Morgan fingerprint density at radius 3 is 2.75 bits per heavy atom. The highest BCUT2D eigenvalue weighted by atomic mass is 19.1. The maximum absolute atomic E-state index is 13.3. The number of phenolic OH excluding ortho intramolecular Hbond substituents is 1. The van der Waals surface area contributed by atoms with Crippen LogP contribution in [-0.4, -0.2) is 16.7 Å². The van der Waals surface area contributed by atoms with Gasteiger partial charge in [-0.15, -0.1) is 0 Å². The first-order valence-corrected chi connectivity index (χ1v) is 7.29. The molecule has 3 aromatic rings. The number of nitrogens with one attached hydrogen (secondary N) is 1. The average Bonchev–Trinajstić information content (AvgIpc) is 2.92. The van der Waals surface area contributed by atoms with Crippen LogP contribution >= 0.6 is 0 Å². The molecule has 0 bridgehead atoms.